The maximum atomic E-state index is 12.3. The van der Waals surface area contributed by atoms with Crippen LogP contribution in [0.1, 0.15) is 25.7 Å². The van der Waals surface area contributed by atoms with Crippen molar-refractivity contribution in [3.05, 3.63) is 24.3 Å². The summed E-state index contributed by atoms with van der Waals surface area (Å²) in [5, 5.41) is 12.7. The number of aromatic hydroxyl groups is 1. The number of piperidine rings is 1. The third-order valence-corrected chi connectivity index (χ3v) is 4.28. The first-order chi connectivity index (χ1) is 9.24. The van der Waals surface area contributed by atoms with Crippen molar-refractivity contribution >= 4 is 5.97 Å². The maximum absolute atomic E-state index is 12.3. The molecule has 19 heavy (non-hydrogen) atoms. The van der Waals surface area contributed by atoms with Gasteiger partial charge < -0.3 is 15.2 Å². The lowest BCUT2D eigenvalue weighted by Gasteiger charge is -2.41. The highest BCUT2D eigenvalue weighted by Gasteiger charge is 2.41. The van der Waals surface area contributed by atoms with Crippen molar-refractivity contribution in [1.29, 1.82) is 0 Å². The molecule has 1 saturated heterocycles. The van der Waals surface area contributed by atoms with Gasteiger partial charge in [-0.05, 0) is 56.0 Å². The van der Waals surface area contributed by atoms with Gasteiger partial charge in [0, 0.05) is 6.04 Å². The van der Waals surface area contributed by atoms with Crippen LogP contribution in [-0.4, -0.2) is 23.7 Å². The first-order valence-electron chi connectivity index (χ1n) is 6.98. The highest BCUT2D eigenvalue weighted by molar-refractivity contribution is 5.76. The van der Waals surface area contributed by atoms with Crippen LogP contribution in [0.2, 0.25) is 0 Å². The number of phenolic OH excluding ortho intramolecular Hbond substituents is 1. The van der Waals surface area contributed by atoms with Crippen LogP contribution in [0.5, 0.6) is 11.5 Å². The molecule has 1 aliphatic carbocycles. The Hall–Kier alpha value is -1.55. The number of carbonyl (C=O) groups excluding carboxylic acids is 1. The summed E-state index contributed by atoms with van der Waals surface area (Å²) in [6, 6.07) is 6.58. The molecule has 0 spiro atoms. The molecule has 0 radical (unpaired) electrons. The van der Waals surface area contributed by atoms with Crippen LogP contribution in [0.15, 0.2) is 24.3 Å². The summed E-state index contributed by atoms with van der Waals surface area (Å²) in [4.78, 5) is 12.3. The van der Waals surface area contributed by atoms with Gasteiger partial charge in [-0.1, -0.05) is 6.42 Å². The Morgan fingerprint density at radius 3 is 2.74 bits per heavy atom. The van der Waals surface area contributed by atoms with E-state index in [1.807, 2.05) is 0 Å². The number of rotatable bonds is 2. The van der Waals surface area contributed by atoms with Crippen molar-refractivity contribution in [3.63, 3.8) is 0 Å². The zero-order valence-corrected chi connectivity index (χ0v) is 10.8. The molecule has 102 valence electrons. The van der Waals surface area contributed by atoms with E-state index in [1.165, 1.54) is 18.6 Å². The number of benzene rings is 1. The third kappa shape index (κ3) is 2.59. The zero-order valence-electron chi connectivity index (χ0n) is 10.8. The van der Waals surface area contributed by atoms with E-state index in [9.17, 15) is 9.90 Å². The topological polar surface area (TPSA) is 58.6 Å². The lowest BCUT2D eigenvalue weighted by atomic mass is 9.72. The minimum absolute atomic E-state index is 0.0173. The molecule has 1 aliphatic heterocycles. The second kappa shape index (κ2) is 5.21. The summed E-state index contributed by atoms with van der Waals surface area (Å²) in [7, 11) is 0. The molecule has 1 saturated carbocycles. The first-order valence-corrected chi connectivity index (χ1v) is 6.98. The average molecular weight is 261 g/mol. The SMILES string of the molecule is O=C(Oc1ccc(O)cc1)[C@@H]1[C@@H]2CCC[C@H]1NCC2. The van der Waals surface area contributed by atoms with Crippen molar-refractivity contribution in [1.82, 2.24) is 5.32 Å². The molecule has 3 rings (SSSR count). The van der Waals surface area contributed by atoms with Gasteiger partial charge in [-0.3, -0.25) is 4.79 Å². The molecule has 0 amide bonds. The van der Waals surface area contributed by atoms with Gasteiger partial charge in [0.25, 0.3) is 0 Å². The normalized spacial score (nSPS) is 29.8. The Kier molecular flexibility index (Phi) is 3.42. The Morgan fingerprint density at radius 1 is 1.21 bits per heavy atom. The van der Waals surface area contributed by atoms with Gasteiger partial charge in [-0.25, -0.2) is 0 Å². The number of carbonyl (C=O) groups is 1. The third-order valence-electron chi connectivity index (χ3n) is 4.28. The minimum Gasteiger partial charge on any atom is -0.508 e. The number of esters is 1. The van der Waals surface area contributed by atoms with Gasteiger partial charge in [0.1, 0.15) is 11.5 Å². The van der Waals surface area contributed by atoms with Crippen LogP contribution in [0, 0.1) is 11.8 Å². The van der Waals surface area contributed by atoms with E-state index in [2.05, 4.69) is 5.32 Å². The van der Waals surface area contributed by atoms with E-state index in [-0.39, 0.29) is 23.7 Å². The molecule has 0 aromatic heterocycles. The first kappa shape index (κ1) is 12.5. The number of phenols is 1. The molecule has 0 unspecified atom stereocenters. The predicted octanol–water partition coefficient (Wildman–Crippen LogP) is 2.08. The van der Waals surface area contributed by atoms with E-state index in [0.29, 0.717) is 11.7 Å². The quantitative estimate of drug-likeness (QED) is 0.632. The lowest BCUT2D eigenvalue weighted by Crippen LogP contribution is -2.52. The fraction of sp³-hybridized carbons (Fsp3) is 0.533. The zero-order chi connectivity index (χ0) is 13.2. The summed E-state index contributed by atoms with van der Waals surface area (Å²) in [6.45, 7) is 1.01. The average Bonchev–Trinajstić information content (AvgIpc) is 2.40. The second-order valence-electron chi connectivity index (χ2n) is 5.48. The highest BCUT2D eigenvalue weighted by atomic mass is 16.5. The monoisotopic (exact) mass is 261 g/mol. The molecule has 1 aromatic carbocycles. The van der Waals surface area contributed by atoms with Crippen LogP contribution < -0.4 is 10.1 Å². The summed E-state index contributed by atoms with van der Waals surface area (Å²) >= 11 is 0. The molecule has 4 heteroatoms. The minimum atomic E-state index is -0.132. The van der Waals surface area contributed by atoms with E-state index in [4.69, 9.17) is 4.74 Å². The number of hydrogen-bond acceptors (Lipinski definition) is 4. The molecular formula is C15H19NO3. The molecule has 2 aliphatic rings. The molecule has 2 fully saturated rings. The van der Waals surface area contributed by atoms with Crippen LogP contribution in [0.3, 0.4) is 0 Å². The number of nitrogens with one attached hydrogen (secondary N) is 1. The number of hydrogen-bond donors (Lipinski definition) is 2. The van der Waals surface area contributed by atoms with Gasteiger partial charge in [0.2, 0.25) is 0 Å². The fourth-order valence-corrected chi connectivity index (χ4v) is 3.35. The maximum Gasteiger partial charge on any atom is 0.316 e. The molecule has 4 nitrogen and oxygen atoms in total. The standard InChI is InChI=1S/C15H19NO3/c17-11-4-6-12(7-5-11)19-15(18)14-10-2-1-3-13(14)16-9-8-10/h4-7,10,13-14,16-17H,1-3,8-9H2/t10-,13-,14-/m1/s1. The van der Waals surface area contributed by atoms with Crippen molar-refractivity contribution in [2.75, 3.05) is 6.54 Å². The fourth-order valence-electron chi connectivity index (χ4n) is 3.35. The summed E-state index contributed by atoms with van der Waals surface area (Å²) in [6.07, 6.45) is 4.45. The van der Waals surface area contributed by atoms with Gasteiger partial charge in [0.15, 0.2) is 0 Å². The summed E-state index contributed by atoms with van der Waals surface area (Å²) in [5.41, 5.74) is 0. The Balaban J connectivity index is 1.71. The molecule has 1 aromatic rings. The Morgan fingerprint density at radius 2 is 2.00 bits per heavy atom. The van der Waals surface area contributed by atoms with Crippen LogP contribution in [0.25, 0.3) is 0 Å². The smallest absolute Gasteiger partial charge is 0.316 e. The van der Waals surface area contributed by atoms with E-state index in [0.717, 1.165) is 25.8 Å². The van der Waals surface area contributed by atoms with Gasteiger partial charge >= 0.3 is 5.97 Å². The van der Waals surface area contributed by atoms with E-state index < -0.39 is 0 Å². The van der Waals surface area contributed by atoms with E-state index in [1.54, 1.807) is 12.1 Å². The van der Waals surface area contributed by atoms with Crippen molar-refractivity contribution in [2.45, 2.75) is 31.7 Å². The van der Waals surface area contributed by atoms with E-state index >= 15 is 0 Å². The van der Waals surface area contributed by atoms with Gasteiger partial charge in [-0.2, -0.15) is 0 Å². The molecule has 1 heterocycles. The molecule has 2 bridgehead atoms. The molecule has 3 atom stereocenters. The largest absolute Gasteiger partial charge is 0.508 e. The van der Waals surface area contributed by atoms with Crippen molar-refractivity contribution in [3.8, 4) is 11.5 Å². The predicted molar refractivity (Wildman–Crippen MR) is 71.0 cm³/mol. The Labute approximate surface area is 112 Å². The van der Waals surface area contributed by atoms with Crippen molar-refractivity contribution < 1.29 is 14.6 Å². The lowest BCUT2D eigenvalue weighted by molar-refractivity contribution is -0.144. The second-order valence-corrected chi connectivity index (χ2v) is 5.48. The highest BCUT2D eigenvalue weighted by Crippen LogP contribution is 2.36. The van der Waals surface area contributed by atoms with Crippen LogP contribution >= 0.6 is 0 Å². The van der Waals surface area contributed by atoms with Gasteiger partial charge in [0.05, 0.1) is 5.92 Å². The van der Waals surface area contributed by atoms with Crippen LogP contribution in [0.4, 0.5) is 0 Å². The molecular weight excluding hydrogens is 242 g/mol. The summed E-state index contributed by atoms with van der Waals surface area (Å²) in [5.74, 6) is 0.996. The summed E-state index contributed by atoms with van der Waals surface area (Å²) < 4.78 is 5.46. The number of fused-ring (bicyclic) bond motifs is 2. The van der Waals surface area contributed by atoms with Crippen molar-refractivity contribution in [2.24, 2.45) is 11.8 Å². The van der Waals surface area contributed by atoms with Gasteiger partial charge in [-0.15, -0.1) is 0 Å². The Bertz CT molecular complexity index is 435. The molecule has 2 N–H and O–H groups in total. The van der Waals surface area contributed by atoms with Crippen LogP contribution in [-0.2, 0) is 4.79 Å². The number of ether oxygens (including phenoxy) is 1.